The summed E-state index contributed by atoms with van der Waals surface area (Å²) in [4.78, 5) is 13.4. The standard InChI is InChI=1S/C4H8O3.Pb.2H/c1-3(2)4(5)7-6;;;/h3,6H,1-2H3;;;. The Kier molecular flexibility index (Phi) is 7.68. The van der Waals surface area contributed by atoms with Crippen molar-refractivity contribution >= 4 is 33.3 Å². The number of hydrogen-bond donors (Lipinski definition) is 1. The minimum absolute atomic E-state index is 0. The molecule has 0 fully saturated rings. The van der Waals surface area contributed by atoms with Crippen LogP contribution >= 0.6 is 0 Å². The van der Waals surface area contributed by atoms with Crippen LogP contribution in [-0.2, 0) is 9.68 Å². The van der Waals surface area contributed by atoms with Gasteiger partial charge in [0.2, 0.25) is 0 Å². The van der Waals surface area contributed by atoms with E-state index in [0.29, 0.717) is 0 Å². The fourth-order valence-electron chi connectivity index (χ4n) is 0.105. The third-order valence-electron chi connectivity index (χ3n) is 0.561. The fourth-order valence-corrected chi connectivity index (χ4v) is 0.105. The van der Waals surface area contributed by atoms with E-state index in [9.17, 15) is 4.79 Å². The Labute approximate surface area is 68.1 Å². The summed E-state index contributed by atoms with van der Waals surface area (Å²) in [6, 6.07) is 0. The molecule has 0 aromatic heterocycles. The van der Waals surface area contributed by atoms with E-state index in [-0.39, 0.29) is 33.2 Å². The first-order valence-corrected chi connectivity index (χ1v) is 2.03. The van der Waals surface area contributed by atoms with Crippen LogP contribution in [0.2, 0.25) is 0 Å². The first-order chi connectivity index (χ1) is 3.18. The number of carbonyl (C=O) groups is 1. The number of carbonyl (C=O) groups excluding carboxylic acids is 1. The predicted octanol–water partition coefficient (Wildman–Crippen LogP) is -0.258. The van der Waals surface area contributed by atoms with Crippen LogP contribution in [0.5, 0.6) is 0 Å². The third kappa shape index (κ3) is 4.51. The van der Waals surface area contributed by atoms with Crippen LogP contribution in [0, 0.1) is 5.92 Å². The molecule has 0 aliphatic rings. The van der Waals surface area contributed by atoms with Crippen molar-refractivity contribution in [3.05, 3.63) is 0 Å². The van der Waals surface area contributed by atoms with Gasteiger partial charge in [-0.2, -0.15) is 5.26 Å². The molecule has 0 rings (SSSR count). The Hall–Kier alpha value is 0.352. The van der Waals surface area contributed by atoms with Gasteiger partial charge in [0.1, 0.15) is 0 Å². The molecule has 1 N–H and O–H groups in total. The van der Waals surface area contributed by atoms with Gasteiger partial charge in [0.25, 0.3) is 0 Å². The molecule has 0 aromatic rings. The number of rotatable bonds is 1. The molecular weight excluding hydrogens is 303 g/mol. The maximum absolute atomic E-state index is 10.0. The van der Waals surface area contributed by atoms with Crippen LogP contribution in [0.1, 0.15) is 13.8 Å². The van der Waals surface area contributed by atoms with Crippen molar-refractivity contribution < 1.29 is 14.9 Å². The monoisotopic (exact) mass is 314 g/mol. The average Bonchev–Trinajstić information content (AvgIpc) is 1.65. The second-order valence-electron chi connectivity index (χ2n) is 1.57. The van der Waals surface area contributed by atoms with Gasteiger partial charge in [-0.15, -0.1) is 0 Å². The van der Waals surface area contributed by atoms with Crippen LogP contribution in [0.15, 0.2) is 0 Å². The van der Waals surface area contributed by atoms with Crippen molar-refractivity contribution in [1.82, 2.24) is 0 Å². The molecule has 0 aliphatic carbocycles. The zero-order chi connectivity index (χ0) is 5.86. The molecule has 0 saturated heterocycles. The quantitative estimate of drug-likeness (QED) is 0.412. The molecule has 4 heteroatoms. The zero-order valence-electron chi connectivity index (χ0n) is 5.05. The molecule has 0 spiro atoms. The normalized spacial score (nSPS) is 8.00. The Morgan fingerprint density at radius 1 is 1.62 bits per heavy atom. The summed E-state index contributed by atoms with van der Waals surface area (Å²) < 4.78 is 0. The van der Waals surface area contributed by atoms with Gasteiger partial charge in [-0.1, -0.05) is 13.8 Å². The van der Waals surface area contributed by atoms with E-state index in [4.69, 9.17) is 5.26 Å². The summed E-state index contributed by atoms with van der Waals surface area (Å²) in [6.45, 7) is 3.27. The van der Waals surface area contributed by atoms with Gasteiger partial charge in [0.15, 0.2) is 0 Å². The van der Waals surface area contributed by atoms with Gasteiger partial charge >= 0.3 is 33.3 Å². The van der Waals surface area contributed by atoms with E-state index in [2.05, 4.69) is 4.89 Å². The van der Waals surface area contributed by atoms with Crippen molar-refractivity contribution in [2.45, 2.75) is 13.8 Å². The van der Waals surface area contributed by atoms with Crippen LogP contribution in [0.25, 0.3) is 0 Å². The van der Waals surface area contributed by atoms with E-state index < -0.39 is 5.97 Å². The Bertz CT molecular complexity index is 71.7. The summed E-state index contributed by atoms with van der Waals surface area (Å²) in [5.74, 6) is -0.843. The van der Waals surface area contributed by atoms with E-state index >= 15 is 0 Å². The van der Waals surface area contributed by atoms with Crippen molar-refractivity contribution in [2.24, 2.45) is 5.92 Å². The van der Waals surface area contributed by atoms with Crippen LogP contribution in [-0.4, -0.2) is 38.5 Å². The molecule has 2 radical (unpaired) electrons. The molecule has 0 aromatic carbocycles. The molecule has 0 saturated carbocycles. The molecule has 0 bridgehead atoms. The van der Waals surface area contributed by atoms with Gasteiger partial charge in [-0.25, -0.2) is 4.79 Å². The predicted molar refractivity (Wildman–Crippen MR) is 32.1 cm³/mol. The van der Waals surface area contributed by atoms with Gasteiger partial charge in [0.05, 0.1) is 5.92 Å². The van der Waals surface area contributed by atoms with Gasteiger partial charge in [-0.05, 0) is 0 Å². The van der Waals surface area contributed by atoms with Crippen molar-refractivity contribution in [3.8, 4) is 0 Å². The van der Waals surface area contributed by atoms with Crippen LogP contribution in [0.3, 0.4) is 0 Å². The first-order valence-electron chi connectivity index (χ1n) is 2.03. The van der Waals surface area contributed by atoms with E-state index in [0.717, 1.165) is 0 Å². The minimum atomic E-state index is -0.597. The van der Waals surface area contributed by atoms with E-state index in [1.807, 2.05) is 0 Å². The second kappa shape index (κ2) is 5.49. The van der Waals surface area contributed by atoms with Crippen molar-refractivity contribution in [2.75, 3.05) is 0 Å². The zero-order valence-corrected chi connectivity index (χ0v) is 10.5. The molecule has 0 heterocycles. The van der Waals surface area contributed by atoms with Crippen LogP contribution < -0.4 is 0 Å². The summed E-state index contributed by atoms with van der Waals surface area (Å²) in [5.41, 5.74) is 0. The topological polar surface area (TPSA) is 46.5 Å². The van der Waals surface area contributed by atoms with Gasteiger partial charge in [-0.3, -0.25) is 0 Å². The SMILES string of the molecule is CC(C)C(=O)OO.[PbH2]. The average molecular weight is 313 g/mol. The van der Waals surface area contributed by atoms with Crippen LogP contribution in [0.4, 0.5) is 0 Å². The summed E-state index contributed by atoms with van der Waals surface area (Å²) in [5, 5.41) is 7.66. The Balaban J connectivity index is 0. The fraction of sp³-hybridized carbons (Fsp3) is 0.750. The molecule has 48 valence electrons. The van der Waals surface area contributed by atoms with E-state index in [1.54, 1.807) is 13.8 Å². The molecule has 0 unspecified atom stereocenters. The van der Waals surface area contributed by atoms with Gasteiger partial charge in [0, 0.05) is 0 Å². The van der Waals surface area contributed by atoms with E-state index in [1.165, 1.54) is 0 Å². The van der Waals surface area contributed by atoms with Gasteiger partial charge < -0.3 is 4.89 Å². The first kappa shape index (κ1) is 11.2. The summed E-state index contributed by atoms with van der Waals surface area (Å²) in [6.07, 6.45) is 0. The Morgan fingerprint density at radius 3 is 2.00 bits per heavy atom. The Morgan fingerprint density at radius 2 is 2.00 bits per heavy atom. The molecule has 0 aliphatic heterocycles. The number of hydrogen-bond acceptors (Lipinski definition) is 3. The molecular formula is C4H10O3Pb. The van der Waals surface area contributed by atoms with Crippen molar-refractivity contribution in [1.29, 1.82) is 0 Å². The molecule has 8 heavy (non-hydrogen) atoms. The second-order valence-corrected chi connectivity index (χ2v) is 1.57. The third-order valence-corrected chi connectivity index (χ3v) is 0.561. The molecule has 3 nitrogen and oxygen atoms in total. The summed E-state index contributed by atoms with van der Waals surface area (Å²) in [7, 11) is 0. The maximum atomic E-state index is 10.0. The molecule has 0 atom stereocenters. The molecule has 0 amide bonds. The summed E-state index contributed by atoms with van der Waals surface area (Å²) >= 11 is 0. The van der Waals surface area contributed by atoms with Crippen molar-refractivity contribution in [3.63, 3.8) is 0 Å².